The number of esters is 6. The molecule has 123 heavy (non-hydrogen) atoms. The average molecular weight is 1720 g/mol. The van der Waals surface area contributed by atoms with Crippen LogP contribution in [0.5, 0.6) is 23.0 Å². The van der Waals surface area contributed by atoms with E-state index in [0.29, 0.717) is 112 Å². The van der Waals surface area contributed by atoms with Gasteiger partial charge in [0.2, 0.25) is 17.7 Å². The predicted octanol–water partition coefficient (Wildman–Crippen LogP) is 14.3. The molecule has 10 rings (SSSR count). The minimum Gasteiger partial charge on any atom is -0.481 e. The van der Waals surface area contributed by atoms with Crippen molar-refractivity contribution in [1.82, 2.24) is 54.5 Å². The van der Waals surface area contributed by atoms with Gasteiger partial charge in [0.1, 0.15) is 0 Å². The molecule has 0 saturated heterocycles. The van der Waals surface area contributed by atoms with Gasteiger partial charge < -0.3 is 48.2 Å². The van der Waals surface area contributed by atoms with E-state index in [-0.39, 0.29) is 143 Å². The van der Waals surface area contributed by atoms with Gasteiger partial charge in [-0.2, -0.15) is 11.8 Å². The molecule has 2 aromatic heterocycles. The molecule has 4 aromatic carbocycles. The highest BCUT2D eigenvalue weighted by atomic mass is 32.2. The van der Waals surface area contributed by atoms with Crippen molar-refractivity contribution in [2.24, 2.45) is 10.8 Å². The van der Waals surface area contributed by atoms with Gasteiger partial charge in [0, 0.05) is 152 Å². The first-order chi connectivity index (χ1) is 58.3. The molecule has 29 heteroatoms. The highest BCUT2D eigenvalue weighted by Gasteiger charge is 2.52. The summed E-state index contributed by atoms with van der Waals surface area (Å²) in [6, 6.07) is 19.5. The maximum atomic E-state index is 15.2. The van der Waals surface area contributed by atoms with Gasteiger partial charge in [-0.25, -0.2) is 0 Å². The van der Waals surface area contributed by atoms with Gasteiger partial charge in [-0.05, 0) is 197 Å². The number of nitrogens with zero attached hydrogens (tertiary/aromatic N) is 11. The minimum absolute atomic E-state index is 0.000433. The van der Waals surface area contributed by atoms with E-state index in [2.05, 4.69) is 126 Å². The fourth-order valence-electron chi connectivity index (χ4n) is 17.1. The Bertz CT molecular complexity index is 4810. The summed E-state index contributed by atoms with van der Waals surface area (Å²) in [5.74, 6) is -3.63. The maximum Gasteiger partial charge on any atom is 0.311 e. The van der Waals surface area contributed by atoms with E-state index in [4.69, 9.17) is 28.4 Å². The Hall–Kier alpha value is -9.87. The van der Waals surface area contributed by atoms with Crippen LogP contribution in [0, 0.1) is 10.8 Å². The molecule has 668 valence electrons. The highest BCUT2D eigenvalue weighted by Crippen LogP contribution is 2.54. The zero-order chi connectivity index (χ0) is 89.5. The first-order valence-corrected chi connectivity index (χ1v) is 44.9. The minimum atomic E-state index is -0.882. The van der Waals surface area contributed by atoms with Crippen molar-refractivity contribution in [3.05, 3.63) is 118 Å². The summed E-state index contributed by atoms with van der Waals surface area (Å²) in [4.78, 5) is 145. The Kier molecular flexibility index (Phi) is 32.4. The van der Waals surface area contributed by atoms with Gasteiger partial charge in [-0.15, -0.1) is 10.2 Å². The van der Waals surface area contributed by atoms with E-state index in [0.717, 1.165) is 53.7 Å². The first-order valence-electron chi connectivity index (χ1n) is 43.9. The number of aryl methyl sites for hydroxylation is 4. The van der Waals surface area contributed by atoms with Crippen LogP contribution < -0.4 is 18.9 Å². The van der Waals surface area contributed by atoms with Crippen molar-refractivity contribution in [3.63, 3.8) is 0 Å². The Balaban J connectivity index is 0.739. The van der Waals surface area contributed by atoms with Crippen LogP contribution in [0.1, 0.15) is 257 Å². The smallest absolute Gasteiger partial charge is 0.311 e. The van der Waals surface area contributed by atoms with E-state index in [1.807, 2.05) is 84.3 Å². The predicted molar refractivity (Wildman–Crippen MR) is 468 cm³/mol. The molecular weight excluding hydrogens is 1590 g/mol. The van der Waals surface area contributed by atoms with Crippen molar-refractivity contribution in [2.75, 3.05) is 65.8 Å². The van der Waals surface area contributed by atoms with E-state index in [9.17, 15) is 48.3 Å². The number of rotatable bonds is 45. The van der Waals surface area contributed by atoms with E-state index < -0.39 is 68.4 Å². The summed E-state index contributed by atoms with van der Waals surface area (Å²) in [5.41, 5.74) is 8.08. The van der Waals surface area contributed by atoms with Crippen molar-refractivity contribution in [2.45, 2.75) is 286 Å². The second kappa shape index (κ2) is 41.7. The maximum absolute atomic E-state index is 15.2. The van der Waals surface area contributed by atoms with E-state index in [1.165, 1.54) is 16.7 Å². The molecule has 0 bridgehead atoms. The Morgan fingerprint density at radius 2 is 0.943 bits per heavy atom. The number of likely N-dealkylation sites (N-methyl/N-ethyl adjacent to an activating group) is 2. The second-order valence-corrected chi connectivity index (χ2v) is 38.1. The number of carbonyl (C=O) groups excluding carboxylic acids is 9. The number of hydrogen-bond acceptors (Lipinski definition) is 23. The molecule has 1 N–H and O–H groups in total. The van der Waals surface area contributed by atoms with Crippen LogP contribution in [0.15, 0.2) is 73.1 Å². The van der Waals surface area contributed by atoms with Crippen LogP contribution >= 0.6 is 11.8 Å². The molecule has 2 atom stereocenters. The monoisotopic (exact) mass is 1720 g/mol. The van der Waals surface area contributed by atoms with Crippen molar-refractivity contribution < 1.29 is 81.5 Å². The Labute approximate surface area is 728 Å². The molecule has 3 amide bonds. The molecule has 0 saturated carbocycles. The standard InChI is InChI=1S/C94H129N11O17S/c1-18-74(106)105(94(14,15)90(6,7)59-103(61(4)5)75(107)33-23-29-66-57-101(97-95-66)49-25-35-80(113)119-72-39-37-65-56-71-85-63(46-52-100(71)17)28-22-32-69(85)87(65)89(72)122-83(116)44-42-79(112)118-20-3)60-91(8,9)93(12,13)104(53-48-92(10,11)123-54-47-77(109)110)76(108)34-24-30-67-58-102(98-96-67)50-26-36-81(114)121-88-73(120-82(115)43-41-78(111)117-19-2)40-38-64-55-70-84-62(45-51-99(70)16)27-21-31-68(84)86(64)88/h21-22,27-28,31-32,37-40,57-58,61,70-71H,18-20,23-26,29-30,33-36,41-56,59-60H2,1-17H3,(H,109,110)/t70-,71?/m1/s1. The molecule has 2 aliphatic carbocycles. The molecular formula is C94H129N11O17S. The normalized spacial score (nSPS) is 15.1. The number of carboxylic acids is 1. The average Bonchev–Trinajstić information content (AvgIpc) is 1.34. The third-order valence-electron chi connectivity index (χ3n) is 25.7. The molecule has 4 aliphatic rings. The van der Waals surface area contributed by atoms with Crippen molar-refractivity contribution in [3.8, 4) is 45.3 Å². The van der Waals surface area contributed by atoms with Gasteiger partial charge in [0.05, 0.1) is 56.7 Å². The summed E-state index contributed by atoms with van der Waals surface area (Å²) in [5, 5.41) is 27.2. The number of carboxylic acid groups (broad SMARTS) is 1. The lowest BCUT2D eigenvalue weighted by Crippen LogP contribution is -2.66. The molecule has 0 spiro atoms. The SMILES string of the molecule is CCOC(=O)CCC(=O)Oc1ccc2c(c1OC(=O)CCCn1cc(CCCC(=O)N(CCC(C)(C)SCCC(=O)O)C(C)(C)C(C)(C)CN(C(=O)CC)C(C)(C)C(C)(C)CN(C(=O)CCCc3cn(CCCC(=O)Oc4ccc5c(c4OC(=O)CCC(=O)OCC)-c4cccc6c4C(C5)N(C)CC6)nn3)C(C)C)nn1)-c1cccc3c1[C@@H](C2)N(C)CC3. The largest absolute Gasteiger partial charge is 0.481 e. The van der Waals surface area contributed by atoms with Gasteiger partial charge in [0.25, 0.3) is 0 Å². The number of thioether (sulfide) groups is 1. The summed E-state index contributed by atoms with van der Waals surface area (Å²) in [7, 11) is 4.22. The number of aliphatic carboxylic acids is 1. The zero-order valence-corrected chi connectivity index (χ0v) is 76.2. The fraction of sp³-hybridized carbons (Fsp3) is 0.596. The Morgan fingerprint density at radius 3 is 1.41 bits per heavy atom. The summed E-state index contributed by atoms with van der Waals surface area (Å²) in [6.45, 7) is 33.8. The second-order valence-electron chi connectivity index (χ2n) is 36.3. The van der Waals surface area contributed by atoms with E-state index >= 15 is 4.79 Å². The molecule has 0 radical (unpaired) electrons. The van der Waals surface area contributed by atoms with Crippen LogP contribution in [-0.2, 0) is 109 Å². The third-order valence-corrected chi connectivity index (χ3v) is 27.1. The fourth-order valence-corrected chi connectivity index (χ4v) is 18.2. The quantitative estimate of drug-likeness (QED) is 0.0274. The summed E-state index contributed by atoms with van der Waals surface area (Å²) < 4.78 is 37.2. The molecule has 1 unspecified atom stereocenters. The number of fused-ring (bicyclic) bond motifs is 4. The van der Waals surface area contributed by atoms with E-state index in [1.54, 1.807) is 47.1 Å². The number of benzene rings is 4. The van der Waals surface area contributed by atoms with Gasteiger partial charge in [-0.3, -0.25) is 67.1 Å². The Morgan fingerprint density at radius 1 is 0.504 bits per heavy atom. The topological polar surface area (TPSA) is 324 Å². The molecule has 2 aliphatic heterocycles. The first kappa shape index (κ1) is 95.4. The number of aromatic nitrogens is 6. The number of hydrogen-bond donors (Lipinski definition) is 1. The number of ether oxygens (including phenoxy) is 6. The number of carbonyl (C=O) groups is 10. The number of amides is 3. The van der Waals surface area contributed by atoms with Crippen LogP contribution in [0.25, 0.3) is 22.3 Å². The van der Waals surface area contributed by atoms with Gasteiger partial charge in [0.15, 0.2) is 23.0 Å². The van der Waals surface area contributed by atoms with Crippen LogP contribution in [0.3, 0.4) is 0 Å². The molecule has 0 fully saturated rings. The lowest BCUT2D eigenvalue weighted by Gasteiger charge is -2.56. The van der Waals surface area contributed by atoms with Crippen molar-refractivity contribution in [1.29, 1.82) is 0 Å². The molecule has 6 aromatic rings. The van der Waals surface area contributed by atoms with Gasteiger partial charge >= 0.3 is 41.8 Å². The highest BCUT2D eigenvalue weighted by molar-refractivity contribution is 8.00. The summed E-state index contributed by atoms with van der Waals surface area (Å²) >= 11 is 1.55. The summed E-state index contributed by atoms with van der Waals surface area (Å²) in [6.07, 6.45) is 9.61. The van der Waals surface area contributed by atoms with Crippen LogP contribution in [0.4, 0.5) is 0 Å². The lowest BCUT2D eigenvalue weighted by atomic mass is 9.68. The third kappa shape index (κ3) is 23.8. The van der Waals surface area contributed by atoms with Gasteiger partial charge in [-0.1, -0.05) is 107 Å². The zero-order valence-electron chi connectivity index (χ0n) is 75.4. The van der Waals surface area contributed by atoms with Crippen LogP contribution in [0.2, 0.25) is 0 Å². The molecule has 4 heterocycles. The van der Waals surface area contributed by atoms with Crippen LogP contribution in [-0.4, -0.2) is 207 Å². The molecule has 28 nitrogen and oxygen atoms in total. The van der Waals surface area contributed by atoms with Crippen molar-refractivity contribution >= 4 is 71.3 Å². The lowest BCUT2D eigenvalue weighted by molar-refractivity contribution is -0.153.